The second-order valence-electron chi connectivity index (χ2n) is 6.23. The van der Waals surface area contributed by atoms with E-state index in [0.29, 0.717) is 12.5 Å². The molecule has 2 N–H and O–H groups in total. The first-order valence-corrected chi connectivity index (χ1v) is 9.22. The maximum Gasteiger partial charge on any atom is 0.191 e. The number of rotatable bonds is 12. The maximum atomic E-state index is 5.43. The predicted molar refractivity (Wildman–Crippen MR) is 102 cm³/mol. The van der Waals surface area contributed by atoms with Gasteiger partial charge in [-0.15, -0.1) is 0 Å². The van der Waals surface area contributed by atoms with Crippen molar-refractivity contribution < 1.29 is 9.26 Å². The van der Waals surface area contributed by atoms with E-state index in [4.69, 9.17) is 9.26 Å². The number of ether oxygens (including phenoxy) is 1. The summed E-state index contributed by atoms with van der Waals surface area (Å²) in [6, 6.07) is 2.04. The van der Waals surface area contributed by atoms with Gasteiger partial charge in [-0.2, -0.15) is 0 Å². The average molecular weight is 354 g/mol. The largest absolute Gasteiger partial charge is 0.385 e. The van der Waals surface area contributed by atoms with Crippen LogP contribution in [0.2, 0.25) is 0 Å². The number of hydrogen-bond acceptors (Lipinski definition) is 5. The smallest absolute Gasteiger partial charge is 0.191 e. The second kappa shape index (κ2) is 12.7. The van der Waals surface area contributed by atoms with Gasteiger partial charge in [0.1, 0.15) is 0 Å². The molecule has 0 fully saturated rings. The van der Waals surface area contributed by atoms with E-state index in [-0.39, 0.29) is 0 Å². The Morgan fingerprint density at radius 1 is 1.32 bits per heavy atom. The molecule has 7 heteroatoms. The van der Waals surface area contributed by atoms with Crippen LogP contribution in [0.5, 0.6) is 0 Å². The predicted octanol–water partition coefficient (Wildman–Crippen LogP) is 2.21. The molecular formula is C18H35N5O2. The van der Waals surface area contributed by atoms with Gasteiger partial charge < -0.3 is 24.8 Å². The monoisotopic (exact) mass is 353 g/mol. The number of guanidine groups is 1. The zero-order valence-electron chi connectivity index (χ0n) is 16.5. The van der Waals surface area contributed by atoms with Gasteiger partial charge in [0, 0.05) is 52.4 Å². The van der Waals surface area contributed by atoms with Crippen LogP contribution in [0.25, 0.3) is 0 Å². The van der Waals surface area contributed by atoms with Crippen molar-refractivity contribution in [2.75, 3.05) is 47.4 Å². The molecular weight excluding hydrogens is 318 g/mol. The molecule has 0 spiro atoms. The summed E-state index contributed by atoms with van der Waals surface area (Å²) in [4.78, 5) is 6.52. The standard InChI is InChI=1S/C18H35N5O2/c1-6-15(7-2)17-13-16(25-22-17)14-21-18(19-3)20-9-11-23(4)10-8-12-24-5/h13,15H,6-12,14H2,1-5H3,(H2,19,20,21). The van der Waals surface area contributed by atoms with Gasteiger partial charge >= 0.3 is 0 Å². The van der Waals surface area contributed by atoms with Crippen LogP contribution in [0.3, 0.4) is 0 Å². The number of methoxy groups -OCH3 is 1. The summed E-state index contributed by atoms with van der Waals surface area (Å²) in [5, 5.41) is 10.8. The third kappa shape index (κ3) is 8.36. The summed E-state index contributed by atoms with van der Waals surface area (Å²) in [5.41, 5.74) is 1.04. The van der Waals surface area contributed by atoms with E-state index < -0.39 is 0 Å². The van der Waals surface area contributed by atoms with Crippen LogP contribution in [0.1, 0.15) is 50.5 Å². The van der Waals surface area contributed by atoms with E-state index in [9.17, 15) is 0 Å². The van der Waals surface area contributed by atoms with Crippen molar-refractivity contribution in [1.82, 2.24) is 20.7 Å². The number of likely N-dealkylation sites (N-methyl/N-ethyl adjacent to an activating group) is 1. The number of nitrogens with one attached hydrogen (secondary N) is 2. The molecule has 0 radical (unpaired) electrons. The Labute approximate surface area is 152 Å². The summed E-state index contributed by atoms with van der Waals surface area (Å²) < 4.78 is 10.5. The third-order valence-corrected chi connectivity index (χ3v) is 4.31. The molecule has 0 amide bonds. The fraction of sp³-hybridized carbons (Fsp3) is 0.778. The Morgan fingerprint density at radius 2 is 2.08 bits per heavy atom. The summed E-state index contributed by atoms with van der Waals surface area (Å²) >= 11 is 0. The quantitative estimate of drug-likeness (QED) is 0.341. The SMILES string of the molecule is CCC(CC)c1cc(CNC(=NC)NCCN(C)CCCOC)on1. The summed E-state index contributed by atoms with van der Waals surface area (Å²) in [7, 11) is 5.62. The second-order valence-corrected chi connectivity index (χ2v) is 6.23. The van der Waals surface area contributed by atoms with Gasteiger partial charge in [-0.3, -0.25) is 4.99 Å². The third-order valence-electron chi connectivity index (χ3n) is 4.31. The molecule has 1 aromatic heterocycles. The molecule has 1 aromatic rings. The van der Waals surface area contributed by atoms with Crippen molar-refractivity contribution in [3.05, 3.63) is 17.5 Å². The van der Waals surface area contributed by atoms with Crippen molar-refractivity contribution in [3.63, 3.8) is 0 Å². The summed E-state index contributed by atoms with van der Waals surface area (Å²) in [6.45, 7) is 8.55. The number of aliphatic imine (C=N–C) groups is 1. The molecule has 0 saturated carbocycles. The van der Waals surface area contributed by atoms with Gasteiger partial charge in [0.25, 0.3) is 0 Å². The lowest BCUT2D eigenvalue weighted by Crippen LogP contribution is -2.40. The first kappa shape index (κ1) is 21.4. The molecule has 1 heterocycles. The highest BCUT2D eigenvalue weighted by Crippen LogP contribution is 2.22. The van der Waals surface area contributed by atoms with E-state index in [1.165, 1.54) is 0 Å². The molecule has 1 rings (SSSR count). The van der Waals surface area contributed by atoms with Crippen molar-refractivity contribution >= 4 is 5.96 Å². The van der Waals surface area contributed by atoms with Crippen LogP contribution in [0.4, 0.5) is 0 Å². The molecule has 0 atom stereocenters. The van der Waals surface area contributed by atoms with E-state index in [0.717, 1.165) is 62.9 Å². The molecule has 0 saturated heterocycles. The normalized spacial score (nSPS) is 12.2. The highest BCUT2D eigenvalue weighted by atomic mass is 16.5. The van der Waals surface area contributed by atoms with Crippen LogP contribution in [0.15, 0.2) is 15.6 Å². The zero-order valence-corrected chi connectivity index (χ0v) is 16.5. The summed E-state index contributed by atoms with van der Waals surface area (Å²) in [6.07, 6.45) is 3.21. The van der Waals surface area contributed by atoms with E-state index in [1.807, 2.05) is 6.07 Å². The van der Waals surface area contributed by atoms with Crippen LogP contribution in [-0.4, -0.2) is 63.5 Å². The fourth-order valence-electron chi connectivity index (χ4n) is 2.66. The Bertz CT molecular complexity index is 486. The lowest BCUT2D eigenvalue weighted by Gasteiger charge is -2.17. The van der Waals surface area contributed by atoms with Crippen molar-refractivity contribution in [2.24, 2.45) is 4.99 Å². The molecule has 0 aliphatic rings. The highest BCUT2D eigenvalue weighted by Gasteiger charge is 2.13. The van der Waals surface area contributed by atoms with E-state index in [1.54, 1.807) is 14.2 Å². The maximum absolute atomic E-state index is 5.43. The molecule has 144 valence electrons. The Morgan fingerprint density at radius 3 is 2.72 bits per heavy atom. The minimum Gasteiger partial charge on any atom is -0.385 e. The topological polar surface area (TPSA) is 74.9 Å². The van der Waals surface area contributed by atoms with Crippen LogP contribution >= 0.6 is 0 Å². The molecule has 0 unspecified atom stereocenters. The van der Waals surface area contributed by atoms with E-state index in [2.05, 4.69) is 46.6 Å². The Balaban J connectivity index is 2.30. The van der Waals surface area contributed by atoms with Crippen LogP contribution in [0, 0.1) is 0 Å². The molecule has 0 aliphatic heterocycles. The summed E-state index contributed by atoms with van der Waals surface area (Å²) in [5.74, 6) is 2.08. The highest BCUT2D eigenvalue weighted by molar-refractivity contribution is 5.79. The minimum absolute atomic E-state index is 0.476. The lowest BCUT2D eigenvalue weighted by atomic mass is 9.99. The molecule has 7 nitrogen and oxygen atoms in total. The van der Waals surface area contributed by atoms with Gasteiger partial charge in [0.05, 0.1) is 12.2 Å². The molecule has 0 bridgehead atoms. The first-order valence-electron chi connectivity index (χ1n) is 9.22. The van der Waals surface area contributed by atoms with Crippen molar-refractivity contribution in [3.8, 4) is 0 Å². The fourth-order valence-corrected chi connectivity index (χ4v) is 2.66. The molecule has 25 heavy (non-hydrogen) atoms. The molecule has 0 aliphatic carbocycles. The van der Waals surface area contributed by atoms with Gasteiger partial charge in [-0.25, -0.2) is 0 Å². The number of aromatic nitrogens is 1. The van der Waals surface area contributed by atoms with Crippen molar-refractivity contribution in [2.45, 2.75) is 45.6 Å². The van der Waals surface area contributed by atoms with E-state index >= 15 is 0 Å². The Kier molecular flexibility index (Phi) is 10.9. The van der Waals surface area contributed by atoms with Crippen LogP contribution in [-0.2, 0) is 11.3 Å². The van der Waals surface area contributed by atoms with Gasteiger partial charge in [-0.1, -0.05) is 19.0 Å². The number of nitrogens with zero attached hydrogens (tertiary/aromatic N) is 3. The van der Waals surface area contributed by atoms with Gasteiger partial charge in [0.2, 0.25) is 0 Å². The Hall–Kier alpha value is -1.60. The molecule has 0 aromatic carbocycles. The average Bonchev–Trinajstić information content (AvgIpc) is 3.08. The first-order chi connectivity index (χ1) is 12.1. The van der Waals surface area contributed by atoms with Gasteiger partial charge in [0.15, 0.2) is 11.7 Å². The minimum atomic E-state index is 0.476. The van der Waals surface area contributed by atoms with Crippen LogP contribution < -0.4 is 10.6 Å². The zero-order chi connectivity index (χ0) is 18.5. The van der Waals surface area contributed by atoms with Gasteiger partial charge in [-0.05, 0) is 26.3 Å². The lowest BCUT2D eigenvalue weighted by molar-refractivity contribution is 0.180. The van der Waals surface area contributed by atoms with Crippen molar-refractivity contribution in [1.29, 1.82) is 0 Å². The number of hydrogen-bond donors (Lipinski definition) is 2.